The zero-order valence-corrected chi connectivity index (χ0v) is 14.3. The number of carbonyl (C=O) groups is 2. The second-order valence-electron chi connectivity index (χ2n) is 5.94. The molecule has 4 amide bonds. The maximum Gasteiger partial charge on any atom is 0.340 e. The Morgan fingerprint density at radius 1 is 0.692 bits per heavy atom. The normalized spacial score (nSPS) is 21.3. The van der Waals surface area contributed by atoms with Crippen molar-refractivity contribution in [3.63, 3.8) is 0 Å². The third kappa shape index (κ3) is 2.46. The lowest BCUT2D eigenvalue weighted by atomic mass is 10.1. The number of benzene rings is 2. The van der Waals surface area contributed by atoms with Crippen molar-refractivity contribution in [2.45, 2.75) is 12.3 Å². The van der Waals surface area contributed by atoms with Crippen LogP contribution in [-0.2, 0) is 0 Å². The molecule has 8 nitrogen and oxygen atoms in total. The third-order valence-electron chi connectivity index (χ3n) is 4.52. The van der Waals surface area contributed by atoms with Crippen LogP contribution in [0.1, 0.15) is 23.5 Å². The van der Waals surface area contributed by atoms with Gasteiger partial charge in [-0.05, 0) is 35.4 Å². The quantitative estimate of drug-likeness (QED) is 0.883. The minimum atomic E-state index is -0.573. The van der Waals surface area contributed by atoms with Crippen molar-refractivity contribution in [3.8, 4) is 11.5 Å². The van der Waals surface area contributed by atoms with E-state index in [0.717, 1.165) is 11.1 Å². The molecule has 26 heavy (non-hydrogen) atoms. The van der Waals surface area contributed by atoms with Crippen molar-refractivity contribution in [1.82, 2.24) is 20.7 Å². The predicted molar refractivity (Wildman–Crippen MR) is 92.2 cm³/mol. The summed E-state index contributed by atoms with van der Waals surface area (Å²) in [6, 6.07) is 13.8. The molecule has 8 heteroatoms. The molecule has 134 valence electrons. The van der Waals surface area contributed by atoms with Crippen LogP contribution >= 0.6 is 0 Å². The molecule has 2 fully saturated rings. The van der Waals surface area contributed by atoms with Crippen LogP contribution in [0.3, 0.4) is 0 Å². The molecule has 0 bridgehead atoms. The number of methoxy groups -OCH3 is 2. The van der Waals surface area contributed by atoms with Gasteiger partial charge in [0.05, 0.1) is 14.2 Å². The lowest BCUT2D eigenvalue weighted by Crippen LogP contribution is -2.36. The van der Waals surface area contributed by atoms with E-state index < -0.39 is 12.3 Å². The fraction of sp³-hybridized carbons (Fsp3) is 0.222. The van der Waals surface area contributed by atoms with Crippen molar-refractivity contribution in [2.24, 2.45) is 0 Å². The summed E-state index contributed by atoms with van der Waals surface area (Å²) >= 11 is 0. The van der Waals surface area contributed by atoms with E-state index in [4.69, 9.17) is 9.47 Å². The van der Waals surface area contributed by atoms with Gasteiger partial charge in [-0.3, -0.25) is 0 Å². The van der Waals surface area contributed by atoms with Crippen LogP contribution < -0.4 is 20.1 Å². The van der Waals surface area contributed by atoms with Gasteiger partial charge in [0, 0.05) is 0 Å². The van der Waals surface area contributed by atoms with E-state index in [9.17, 15) is 9.59 Å². The predicted octanol–water partition coefficient (Wildman–Crippen LogP) is 2.37. The molecule has 2 N–H and O–H groups in total. The second-order valence-corrected chi connectivity index (χ2v) is 5.94. The lowest BCUT2D eigenvalue weighted by molar-refractivity contribution is 0.0671. The number of fused-ring (bicyclic) bond motifs is 1. The first-order valence-corrected chi connectivity index (χ1v) is 8.09. The molecule has 0 unspecified atom stereocenters. The number of amides is 4. The molecule has 0 aromatic heterocycles. The van der Waals surface area contributed by atoms with Crippen LogP contribution in [0, 0.1) is 0 Å². The maximum absolute atomic E-state index is 12.5. The Kier molecular flexibility index (Phi) is 3.80. The summed E-state index contributed by atoms with van der Waals surface area (Å²) in [7, 11) is 3.17. The number of hydrogen-bond donors (Lipinski definition) is 2. The first-order chi connectivity index (χ1) is 12.6. The fourth-order valence-corrected chi connectivity index (χ4v) is 3.19. The zero-order chi connectivity index (χ0) is 18.3. The summed E-state index contributed by atoms with van der Waals surface area (Å²) in [5.41, 5.74) is 1.57. The van der Waals surface area contributed by atoms with E-state index in [1.807, 2.05) is 24.3 Å². The molecular weight excluding hydrogens is 336 g/mol. The van der Waals surface area contributed by atoms with E-state index in [2.05, 4.69) is 10.6 Å². The highest BCUT2D eigenvalue weighted by atomic mass is 16.5. The summed E-state index contributed by atoms with van der Waals surface area (Å²) in [6.07, 6.45) is -1.15. The van der Waals surface area contributed by atoms with Gasteiger partial charge in [-0.2, -0.15) is 0 Å². The molecule has 0 spiro atoms. The summed E-state index contributed by atoms with van der Waals surface area (Å²) in [6.45, 7) is 0. The van der Waals surface area contributed by atoms with E-state index in [0.29, 0.717) is 11.5 Å². The van der Waals surface area contributed by atoms with Crippen molar-refractivity contribution < 1.29 is 19.1 Å². The number of rotatable bonds is 4. The summed E-state index contributed by atoms with van der Waals surface area (Å²) in [4.78, 5) is 25.1. The van der Waals surface area contributed by atoms with Gasteiger partial charge in [-0.1, -0.05) is 24.3 Å². The average molecular weight is 354 g/mol. The zero-order valence-electron chi connectivity index (χ0n) is 14.3. The van der Waals surface area contributed by atoms with Gasteiger partial charge < -0.3 is 20.1 Å². The molecular formula is C18H18N4O4. The number of ether oxygens (including phenoxy) is 2. The highest BCUT2D eigenvalue weighted by Crippen LogP contribution is 2.37. The smallest absolute Gasteiger partial charge is 0.340 e. The molecule has 2 heterocycles. The molecule has 2 aliphatic heterocycles. The van der Waals surface area contributed by atoms with Gasteiger partial charge >= 0.3 is 12.1 Å². The second kappa shape index (κ2) is 6.14. The van der Waals surface area contributed by atoms with Crippen LogP contribution in [0.15, 0.2) is 48.5 Å². The Bertz CT molecular complexity index is 766. The molecule has 2 aromatic carbocycles. The first kappa shape index (κ1) is 16.1. The number of carbonyl (C=O) groups excluding carboxylic acids is 2. The third-order valence-corrected chi connectivity index (χ3v) is 4.52. The van der Waals surface area contributed by atoms with Gasteiger partial charge in [0.1, 0.15) is 11.5 Å². The number of nitrogens with one attached hydrogen (secondary N) is 2. The molecule has 4 rings (SSSR count). The SMILES string of the molecule is COc1ccc([C@H]2NC(=O)N3[C@@H](c4ccc(OC)cc4)NC(=O)N23)cc1. The summed E-state index contributed by atoms with van der Waals surface area (Å²) in [5.74, 6) is 1.41. The van der Waals surface area contributed by atoms with Gasteiger partial charge in [0.2, 0.25) is 0 Å². The molecule has 0 saturated carbocycles. The van der Waals surface area contributed by atoms with Crippen molar-refractivity contribution in [2.75, 3.05) is 14.2 Å². The minimum Gasteiger partial charge on any atom is -0.497 e. The lowest BCUT2D eigenvalue weighted by Gasteiger charge is -2.24. The molecule has 2 aromatic rings. The van der Waals surface area contributed by atoms with Crippen molar-refractivity contribution in [3.05, 3.63) is 59.7 Å². The summed E-state index contributed by atoms with van der Waals surface area (Å²) in [5, 5.41) is 8.50. The van der Waals surface area contributed by atoms with Crippen molar-refractivity contribution >= 4 is 12.1 Å². The van der Waals surface area contributed by atoms with Crippen molar-refractivity contribution in [1.29, 1.82) is 0 Å². The molecule has 2 aliphatic rings. The first-order valence-electron chi connectivity index (χ1n) is 8.09. The van der Waals surface area contributed by atoms with Crippen LogP contribution in [-0.4, -0.2) is 36.3 Å². The fourth-order valence-electron chi connectivity index (χ4n) is 3.19. The number of hydrogen-bond acceptors (Lipinski definition) is 4. The van der Waals surface area contributed by atoms with Crippen LogP contribution in [0.4, 0.5) is 9.59 Å². The Hall–Kier alpha value is -3.42. The molecule has 0 aliphatic carbocycles. The summed E-state index contributed by atoms with van der Waals surface area (Å²) < 4.78 is 10.3. The standard InChI is InChI=1S/C18H18N4O4/c1-25-13-7-3-11(4-8-13)15-19-17(23)22-16(20-18(24)21(15)22)12-5-9-14(26-2)10-6-12/h3-10,15-16H,1-2H3,(H,19,23)(H,20,24)/t15-,16-/m0/s1. The maximum atomic E-state index is 12.5. The van der Waals surface area contributed by atoms with Crippen LogP contribution in [0.25, 0.3) is 0 Å². The Morgan fingerprint density at radius 3 is 1.35 bits per heavy atom. The molecule has 0 radical (unpaired) electrons. The largest absolute Gasteiger partial charge is 0.497 e. The highest BCUT2D eigenvalue weighted by Gasteiger charge is 2.51. The monoisotopic (exact) mass is 354 g/mol. The van der Waals surface area contributed by atoms with E-state index in [1.165, 1.54) is 10.0 Å². The van der Waals surface area contributed by atoms with E-state index in [1.54, 1.807) is 38.5 Å². The average Bonchev–Trinajstić information content (AvgIpc) is 3.21. The Morgan fingerprint density at radius 2 is 1.04 bits per heavy atom. The topological polar surface area (TPSA) is 83.1 Å². The number of nitrogens with zero attached hydrogens (tertiary/aromatic N) is 2. The van der Waals surface area contributed by atoms with Gasteiger partial charge in [-0.25, -0.2) is 19.6 Å². The van der Waals surface area contributed by atoms with Gasteiger partial charge in [0.25, 0.3) is 0 Å². The van der Waals surface area contributed by atoms with Gasteiger partial charge in [-0.15, -0.1) is 0 Å². The number of hydrazine groups is 1. The van der Waals surface area contributed by atoms with Gasteiger partial charge in [0.15, 0.2) is 12.3 Å². The van der Waals surface area contributed by atoms with E-state index >= 15 is 0 Å². The van der Waals surface area contributed by atoms with Crippen LogP contribution in [0.2, 0.25) is 0 Å². The highest BCUT2D eigenvalue weighted by molar-refractivity contribution is 5.88. The molecule has 2 atom stereocenters. The minimum absolute atomic E-state index is 0.343. The number of urea groups is 2. The Balaban J connectivity index is 1.63. The van der Waals surface area contributed by atoms with Crippen LogP contribution in [0.5, 0.6) is 11.5 Å². The Labute approximate surface area is 150 Å². The van der Waals surface area contributed by atoms with E-state index in [-0.39, 0.29) is 12.1 Å². The molecule has 2 saturated heterocycles.